The van der Waals surface area contributed by atoms with Crippen molar-refractivity contribution >= 4 is 11.8 Å². The van der Waals surface area contributed by atoms with Crippen LogP contribution in [0.15, 0.2) is 0 Å². The van der Waals surface area contributed by atoms with Crippen molar-refractivity contribution in [3.05, 3.63) is 0 Å². The van der Waals surface area contributed by atoms with Crippen LogP contribution < -0.4 is 10.6 Å². The van der Waals surface area contributed by atoms with Crippen molar-refractivity contribution in [1.82, 2.24) is 20.4 Å². The van der Waals surface area contributed by atoms with E-state index in [0.29, 0.717) is 48.3 Å². The molecule has 5 rings (SSSR count). The standard InChI is InChI=1S/C25H42N4O3/c1-28(2)13-5-11-26-22(30)15-32-16-8-9-21-20(14-16)18-10-12-27-23-17-6-3-4-7-19(17)25(31)29(21)24(18)23/h16-21,23-24,27H,3-15H2,1-2H3,(H,26,30). The van der Waals surface area contributed by atoms with Crippen molar-refractivity contribution in [2.45, 2.75) is 82.0 Å². The lowest BCUT2D eigenvalue weighted by Gasteiger charge is -2.52. The highest BCUT2D eigenvalue weighted by atomic mass is 16.5. The third kappa shape index (κ3) is 4.21. The van der Waals surface area contributed by atoms with Gasteiger partial charge in [-0.15, -0.1) is 0 Å². The number of nitrogens with one attached hydrogen (secondary N) is 2. The number of carbonyl (C=O) groups is 2. The molecular weight excluding hydrogens is 404 g/mol. The molecule has 3 aliphatic heterocycles. The van der Waals surface area contributed by atoms with Crippen LogP contribution in [0, 0.1) is 23.7 Å². The predicted molar refractivity (Wildman–Crippen MR) is 123 cm³/mol. The number of amides is 2. The molecule has 2 saturated carbocycles. The van der Waals surface area contributed by atoms with Gasteiger partial charge in [0.15, 0.2) is 0 Å². The molecule has 0 aromatic rings. The van der Waals surface area contributed by atoms with Crippen molar-refractivity contribution in [3.8, 4) is 0 Å². The van der Waals surface area contributed by atoms with Crippen molar-refractivity contribution in [2.24, 2.45) is 23.7 Å². The van der Waals surface area contributed by atoms with Crippen LogP contribution in [0.3, 0.4) is 0 Å². The van der Waals surface area contributed by atoms with Gasteiger partial charge in [0.05, 0.1) is 12.1 Å². The first kappa shape index (κ1) is 22.6. The lowest BCUT2D eigenvalue weighted by molar-refractivity contribution is -0.152. The number of carbonyl (C=O) groups excluding carboxylic acids is 2. The summed E-state index contributed by atoms with van der Waals surface area (Å²) in [6.07, 6.45) is 10.1. The molecule has 32 heavy (non-hydrogen) atoms. The third-order valence-corrected chi connectivity index (χ3v) is 9.11. The molecule has 2 N–H and O–H groups in total. The quantitative estimate of drug-likeness (QED) is 0.582. The van der Waals surface area contributed by atoms with Gasteiger partial charge in [-0.1, -0.05) is 12.8 Å². The van der Waals surface area contributed by atoms with Crippen LogP contribution in [-0.4, -0.2) is 86.2 Å². The number of hydrogen-bond acceptors (Lipinski definition) is 5. The summed E-state index contributed by atoms with van der Waals surface area (Å²) in [5.74, 6) is 2.40. The number of rotatable bonds is 7. The molecule has 8 atom stereocenters. The second-order valence-corrected chi connectivity index (χ2v) is 11.2. The van der Waals surface area contributed by atoms with Crippen LogP contribution in [0.25, 0.3) is 0 Å². The average molecular weight is 447 g/mol. The Bertz CT molecular complexity index is 701. The molecular formula is C25H42N4O3. The Morgan fingerprint density at radius 1 is 1.12 bits per heavy atom. The zero-order valence-corrected chi connectivity index (χ0v) is 19.9. The van der Waals surface area contributed by atoms with Gasteiger partial charge in [-0.05, 0) is 89.9 Å². The van der Waals surface area contributed by atoms with E-state index in [1.165, 1.54) is 25.7 Å². The second kappa shape index (κ2) is 9.59. The van der Waals surface area contributed by atoms with Gasteiger partial charge in [-0.25, -0.2) is 0 Å². The van der Waals surface area contributed by atoms with Crippen LogP contribution in [0.1, 0.15) is 57.8 Å². The van der Waals surface area contributed by atoms with Crippen molar-refractivity contribution in [1.29, 1.82) is 0 Å². The molecule has 7 heteroatoms. The molecule has 5 aliphatic rings. The van der Waals surface area contributed by atoms with E-state index in [4.69, 9.17) is 4.74 Å². The van der Waals surface area contributed by atoms with Crippen LogP contribution in [-0.2, 0) is 14.3 Å². The largest absolute Gasteiger partial charge is 0.368 e. The highest BCUT2D eigenvalue weighted by Crippen LogP contribution is 2.53. The molecule has 5 fully saturated rings. The number of fused-ring (bicyclic) bond motifs is 5. The molecule has 180 valence electrons. The number of hydrogen-bond donors (Lipinski definition) is 2. The predicted octanol–water partition coefficient (Wildman–Crippen LogP) is 1.62. The van der Waals surface area contributed by atoms with E-state index >= 15 is 0 Å². The minimum absolute atomic E-state index is 0.00379. The molecule has 0 radical (unpaired) electrons. The SMILES string of the molecule is CN(C)CCCNC(=O)COC1CCC2C(C1)C1CCNC3C4CCCCC4C(=O)N2C13. The molecule has 3 saturated heterocycles. The highest BCUT2D eigenvalue weighted by molar-refractivity contribution is 5.82. The fourth-order valence-electron chi connectivity index (χ4n) is 7.82. The van der Waals surface area contributed by atoms with Gasteiger partial charge in [0.1, 0.15) is 6.61 Å². The summed E-state index contributed by atoms with van der Waals surface area (Å²) in [6, 6.07) is 1.28. The molecule has 3 heterocycles. The Labute approximate surface area is 193 Å². The van der Waals surface area contributed by atoms with Gasteiger partial charge in [0.25, 0.3) is 0 Å². The number of piperidine rings is 2. The van der Waals surface area contributed by atoms with E-state index in [9.17, 15) is 9.59 Å². The van der Waals surface area contributed by atoms with E-state index in [1.54, 1.807) is 0 Å². The van der Waals surface area contributed by atoms with E-state index < -0.39 is 0 Å². The summed E-state index contributed by atoms with van der Waals surface area (Å²) in [6.45, 7) is 2.92. The van der Waals surface area contributed by atoms with Gasteiger partial charge >= 0.3 is 0 Å². The number of nitrogens with zero attached hydrogens (tertiary/aromatic N) is 2. The maximum Gasteiger partial charge on any atom is 0.246 e. The summed E-state index contributed by atoms with van der Waals surface area (Å²) in [5.41, 5.74) is 0. The van der Waals surface area contributed by atoms with Crippen molar-refractivity contribution in [3.63, 3.8) is 0 Å². The molecule has 0 aromatic carbocycles. The second-order valence-electron chi connectivity index (χ2n) is 11.2. The zero-order chi connectivity index (χ0) is 22.2. The van der Waals surface area contributed by atoms with Gasteiger partial charge in [0.2, 0.25) is 11.8 Å². The Kier molecular flexibility index (Phi) is 6.77. The van der Waals surface area contributed by atoms with Gasteiger partial charge in [0, 0.05) is 24.5 Å². The normalized spacial score (nSPS) is 40.6. The van der Waals surface area contributed by atoms with Crippen molar-refractivity contribution < 1.29 is 14.3 Å². The first-order valence-electron chi connectivity index (χ1n) is 13.1. The lowest BCUT2D eigenvalue weighted by Crippen LogP contribution is -2.66. The molecule has 2 amide bonds. The Morgan fingerprint density at radius 3 is 2.81 bits per heavy atom. The third-order valence-electron chi connectivity index (χ3n) is 9.11. The Hall–Kier alpha value is -1.18. The smallest absolute Gasteiger partial charge is 0.246 e. The highest BCUT2D eigenvalue weighted by Gasteiger charge is 2.61. The summed E-state index contributed by atoms with van der Waals surface area (Å²) >= 11 is 0. The Morgan fingerprint density at radius 2 is 1.97 bits per heavy atom. The fourth-order valence-corrected chi connectivity index (χ4v) is 7.82. The minimum atomic E-state index is -0.00379. The number of ether oxygens (including phenoxy) is 1. The van der Waals surface area contributed by atoms with Gasteiger partial charge in [-0.2, -0.15) is 0 Å². The summed E-state index contributed by atoms with van der Waals surface area (Å²) < 4.78 is 6.10. The van der Waals surface area contributed by atoms with E-state index in [0.717, 1.165) is 45.2 Å². The van der Waals surface area contributed by atoms with Crippen LogP contribution in [0.5, 0.6) is 0 Å². The summed E-state index contributed by atoms with van der Waals surface area (Å²) in [5, 5.41) is 6.83. The molecule has 0 bridgehead atoms. The fraction of sp³-hybridized carbons (Fsp3) is 0.920. The van der Waals surface area contributed by atoms with E-state index in [-0.39, 0.29) is 24.5 Å². The zero-order valence-electron chi connectivity index (χ0n) is 19.9. The monoisotopic (exact) mass is 446 g/mol. The van der Waals surface area contributed by atoms with Crippen LogP contribution >= 0.6 is 0 Å². The molecule has 0 spiro atoms. The lowest BCUT2D eigenvalue weighted by atomic mass is 9.66. The van der Waals surface area contributed by atoms with Gasteiger partial charge < -0.3 is 25.2 Å². The molecule has 8 unspecified atom stereocenters. The van der Waals surface area contributed by atoms with Crippen LogP contribution in [0.4, 0.5) is 0 Å². The first-order chi connectivity index (χ1) is 15.5. The van der Waals surface area contributed by atoms with E-state index in [1.807, 2.05) is 14.1 Å². The van der Waals surface area contributed by atoms with Crippen molar-refractivity contribution in [2.75, 3.05) is 40.3 Å². The minimum Gasteiger partial charge on any atom is -0.368 e. The maximum absolute atomic E-state index is 13.6. The first-order valence-corrected chi connectivity index (χ1v) is 13.1. The molecule has 0 aromatic heterocycles. The Balaban J connectivity index is 1.19. The molecule has 2 aliphatic carbocycles. The summed E-state index contributed by atoms with van der Waals surface area (Å²) in [7, 11) is 4.09. The topological polar surface area (TPSA) is 73.9 Å². The average Bonchev–Trinajstić information content (AvgIpc) is 3.13. The molecule has 7 nitrogen and oxygen atoms in total. The van der Waals surface area contributed by atoms with E-state index in [2.05, 4.69) is 20.4 Å². The van der Waals surface area contributed by atoms with Crippen LogP contribution in [0.2, 0.25) is 0 Å². The maximum atomic E-state index is 13.6. The summed E-state index contributed by atoms with van der Waals surface area (Å²) in [4.78, 5) is 30.3. The van der Waals surface area contributed by atoms with Gasteiger partial charge in [-0.3, -0.25) is 9.59 Å².